The molecule has 1 rings (SSSR count). The van der Waals surface area contributed by atoms with Gasteiger partial charge in [0, 0.05) is 19.5 Å². The molecule has 2 N–H and O–H groups in total. The van der Waals surface area contributed by atoms with Gasteiger partial charge >= 0.3 is 12.4 Å². The smallest absolute Gasteiger partial charge is 0.355 e. The van der Waals surface area contributed by atoms with Gasteiger partial charge in [-0.15, -0.1) is 0 Å². The standard InChI is InChI=1S/C11H16F6N2O/c12-10(13,14)4-1-5-18-9(20)8-3-2-7(6-19-8)11(15,16)17/h7-8,19H,1-6H2,(H,18,20). The SMILES string of the molecule is O=C(NCCCC(F)(F)F)C1CCC(C(F)(F)F)CN1. The predicted molar refractivity (Wildman–Crippen MR) is 58.9 cm³/mol. The molecule has 0 bridgehead atoms. The molecule has 2 unspecified atom stereocenters. The maximum Gasteiger partial charge on any atom is 0.393 e. The van der Waals surface area contributed by atoms with E-state index in [4.69, 9.17) is 0 Å². The van der Waals surface area contributed by atoms with Crippen molar-refractivity contribution in [3.05, 3.63) is 0 Å². The van der Waals surface area contributed by atoms with Crippen molar-refractivity contribution in [3.63, 3.8) is 0 Å². The molecule has 0 spiro atoms. The Labute approximate surface area is 112 Å². The van der Waals surface area contributed by atoms with Crippen molar-refractivity contribution in [1.29, 1.82) is 0 Å². The third kappa shape index (κ3) is 5.98. The fraction of sp³-hybridized carbons (Fsp3) is 0.909. The van der Waals surface area contributed by atoms with Crippen LogP contribution >= 0.6 is 0 Å². The number of hydrogen-bond donors (Lipinski definition) is 2. The average molecular weight is 306 g/mol. The van der Waals surface area contributed by atoms with Gasteiger partial charge in [-0.2, -0.15) is 26.3 Å². The van der Waals surface area contributed by atoms with Gasteiger partial charge in [0.1, 0.15) is 0 Å². The van der Waals surface area contributed by atoms with E-state index in [0.717, 1.165) is 0 Å². The summed E-state index contributed by atoms with van der Waals surface area (Å²) < 4.78 is 72.7. The van der Waals surface area contributed by atoms with E-state index in [1.165, 1.54) is 0 Å². The number of halogens is 6. The van der Waals surface area contributed by atoms with Crippen molar-refractivity contribution in [2.24, 2.45) is 5.92 Å². The van der Waals surface area contributed by atoms with Crippen LogP contribution in [0.4, 0.5) is 26.3 Å². The highest BCUT2D eigenvalue weighted by atomic mass is 19.4. The number of nitrogens with one attached hydrogen (secondary N) is 2. The molecule has 0 aromatic carbocycles. The van der Waals surface area contributed by atoms with Gasteiger partial charge in [0.15, 0.2) is 0 Å². The molecule has 1 aliphatic rings. The van der Waals surface area contributed by atoms with Crippen LogP contribution in [0.2, 0.25) is 0 Å². The minimum atomic E-state index is -4.29. The lowest BCUT2D eigenvalue weighted by Gasteiger charge is -2.30. The second-order valence-corrected chi connectivity index (χ2v) is 4.79. The lowest BCUT2D eigenvalue weighted by Crippen LogP contribution is -2.51. The van der Waals surface area contributed by atoms with Gasteiger partial charge in [-0.3, -0.25) is 4.79 Å². The Morgan fingerprint density at radius 1 is 1.15 bits per heavy atom. The van der Waals surface area contributed by atoms with Gasteiger partial charge in [0.05, 0.1) is 12.0 Å². The summed E-state index contributed by atoms with van der Waals surface area (Å²) in [4.78, 5) is 11.5. The molecule has 1 heterocycles. The summed E-state index contributed by atoms with van der Waals surface area (Å²) in [5.41, 5.74) is 0. The summed E-state index contributed by atoms with van der Waals surface area (Å²) >= 11 is 0. The Balaban J connectivity index is 2.23. The lowest BCUT2D eigenvalue weighted by molar-refractivity contribution is -0.180. The van der Waals surface area contributed by atoms with Gasteiger partial charge in [-0.1, -0.05) is 0 Å². The Kier molecular flexibility index (Phi) is 5.67. The van der Waals surface area contributed by atoms with E-state index in [9.17, 15) is 31.1 Å². The molecule has 0 saturated carbocycles. The first-order valence-corrected chi connectivity index (χ1v) is 6.24. The first-order chi connectivity index (χ1) is 9.09. The molecule has 1 aliphatic heterocycles. The van der Waals surface area contributed by atoms with E-state index >= 15 is 0 Å². The second-order valence-electron chi connectivity index (χ2n) is 4.79. The van der Waals surface area contributed by atoms with E-state index in [0.29, 0.717) is 0 Å². The van der Waals surface area contributed by atoms with E-state index < -0.39 is 36.6 Å². The molecule has 3 nitrogen and oxygen atoms in total. The van der Waals surface area contributed by atoms with Crippen molar-refractivity contribution in [2.45, 2.75) is 44.1 Å². The van der Waals surface area contributed by atoms with Crippen molar-refractivity contribution in [1.82, 2.24) is 10.6 Å². The lowest BCUT2D eigenvalue weighted by atomic mass is 9.94. The highest BCUT2D eigenvalue weighted by molar-refractivity contribution is 5.81. The molecule has 1 fully saturated rings. The first kappa shape index (κ1) is 17.1. The molecule has 2 atom stereocenters. The van der Waals surface area contributed by atoms with Crippen molar-refractivity contribution >= 4 is 5.91 Å². The fourth-order valence-corrected chi connectivity index (χ4v) is 1.98. The zero-order valence-electron chi connectivity index (χ0n) is 10.6. The number of alkyl halides is 6. The molecule has 20 heavy (non-hydrogen) atoms. The largest absolute Gasteiger partial charge is 0.393 e. The average Bonchev–Trinajstić information content (AvgIpc) is 2.32. The van der Waals surface area contributed by atoms with E-state index in [-0.39, 0.29) is 32.4 Å². The van der Waals surface area contributed by atoms with Crippen LogP contribution in [-0.4, -0.2) is 37.4 Å². The van der Waals surface area contributed by atoms with Crippen LogP contribution < -0.4 is 10.6 Å². The number of piperidine rings is 1. The number of rotatable bonds is 4. The highest BCUT2D eigenvalue weighted by Gasteiger charge is 2.42. The minimum Gasteiger partial charge on any atom is -0.355 e. The van der Waals surface area contributed by atoms with Crippen LogP contribution in [-0.2, 0) is 4.79 Å². The van der Waals surface area contributed by atoms with Gasteiger partial charge in [-0.05, 0) is 19.3 Å². The molecule has 118 valence electrons. The molecule has 0 aromatic rings. The van der Waals surface area contributed by atoms with Crippen molar-refractivity contribution in [2.75, 3.05) is 13.1 Å². The molecule has 1 amide bonds. The van der Waals surface area contributed by atoms with Crippen LogP contribution in [0.15, 0.2) is 0 Å². The van der Waals surface area contributed by atoms with Gasteiger partial charge < -0.3 is 10.6 Å². The third-order valence-electron chi connectivity index (χ3n) is 3.13. The van der Waals surface area contributed by atoms with Crippen LogP contribution in [0.25, 0.3) is 0 Å². The number of amides is 1. The zero-order valence-corrected chi connectivity index (χ0v) is 10.6. The predicted octanol–water partition coefficient (Wildman–Crippen LogP) is 2.38. The summed E-state index contributed by atoms with van der Waals surface area (Å²) in [5.74, 6) is -2.02. The summed E-state index contributed by atoms with van der Waals surface area (Å²) in [7, 11) is 0. The third-order valence-corrected chi connectivity index (χ3v) is 3.13. The summed E-state index contributed by atoms with van der Waals surface area (Å²) in [6.45, 7) is -0.483. The highest BCUT2D eigenvalue weighted by Crippen LogP contribution is 2.31. The quantitative estimate of drug-likeness (QED) is 0.618. The Morgan fingerprint density at radius 2 is 1.80 bits per heavy atom. The minimum absolute atomic E-state index is 0.0231. The van der Waals surface area contributed by atoms with Crippen LogP contribution in [0.5, 0.6) is 0 Å². The second kappa shape index (κ2) is 6.64. The first-order valence-electron chi connectivity index (χ1n) is 6.24. The fourth-order valence-electron chi connectivity index (χ4n) is 1.98. The Morgan fingerprint density at radius 3 is 2.25 bits per heavy atom. The maximum absolute atomic E-state index is 12.4. The van der Waals surface area contributed by atoms with Crippen LogP contribution in [0.1, 0.15) is 25.7 Å². The normalized spacial score (nSPS) is 24.5. The molecule has 9 heteroatoms. The summed E-state index contributed by atoms with van der Waals surface area (Å²) in [5, 5.41) is 4.77. The van der Waals surface area contributed by atoms with E-state index in [1.54, 1.807) is 0 Å². The van der Waals surface area contributed by atoms with Crippen LogP contribution in [0.3, 0.4) is 0 Å². The molecule has 1 saturated heterocycles. The molecular formula is C11H16F6N2O. The van der Waals surface area contributed by atoms with Gasteiger partial charge in [-0.25, -0.2) is 0 Å². The van der Waals surface area contributed by atoms with E-state index in [1.807, 2.05) is 0 Å². The molecule has 0 aliphatic carbocycles. The van der Waals surface area contributed by atoms with Crippen LogP contribution in [0, 0.1) is 5.92 Å². The maximum atomic E-state index is 12.4. The monoisotopic (exact) mass is 306 g/mol. The molecule has 0 radical (unpaired) electrons. The molecular weight excluding hydrogens is 290 g/mol. The van der Waals surface area contributed by atoms with Crippen molar-refractivity contribution < 1.29 is 31.1 Å². The van der Waals surface area contributed by atoms with E-state index in [2.05, 4.69) is 10.6 Å². The Hall–Kier alpha value is -0.990. The topological polar surface area (TPSA) is 41.1 Å². The number of carbonyl (C=O) groups is 1. The number of carbonyl (C=O) groups excluding carboxylic acids is 1. The van der Waals surface area contributed by atoms with Crippen molar-refractivity contribution in [3.8, 4) is 0 Å². The zero-order chi connectivity index (χ0) is 15.4. The Bertz CT molecular complexity index is 320. The summed E-state index contributed by atoms with van der Waals surface area (Å²) in [6.07, 6.45) is -9.93. The van der Waals surface area contributed by atoms with Gasteiger partial charge in [0.2, 0.25) is 5.91 Å². The van der Waals surface area contributed by atoms with Gasteiger partial charge in [0.25, 0.3) is 0 Å². The number of hydrogen-bond acceptors (Lipinski definition) is 2. The molecule has 0 aromatic heterocycles. The summed E-state index contributed by atoms with van der Waals surface area (Å²) in [6, 6.07) is -0.764.